The largest absolute Gasteiger partial charge is 0.486 e. The van der Waals surface area contributed by atoms with Crippen molar-refractivity contribution < 1.29 is 27.9 Å². The molecule has 36 heavy (non-hydrogen) atoms. The average Bonchev–Trinajstić information content (AvgIpc) is 3.38. The Bertz CT molecular complexity index is 999. The van der Waals surface area contributed by atoms with Crippen molar-refractivity contribution in [3.8, 4) is 5.75 Å². The van der Waals surface area contributed by atoms with E-state index < -0.39 is 41.3 Å². The van der Waals surface area contributed by atoms with Crippen molar-refractivity contribution in [1.82, 2.24) is 25.3 Å². The number of likely N-dealkylation sites (tertiary alicyclic amines) is 2. The number of benzene rings is 1. The molecule has 1 aromatic carbocycles. The Balaban J connectivity index is 1.93. The lowest BCUT2D eigenvalue weighted by Crippen LogP contribution is -2.59. The van der Waals surface area contributed by atoms with Crippen LogP contribution in [0, 0.1) is 17.0 Å². The molecule has 2 N–H and O–H groups in total. The number of urea groups is 1. The van der Waals surface area contributed by atoms with Crippen LogP contribution in [-0.2, 0) is 9.59 Å². The van der Waals surface area contributed by atoms with Gasteiger partial charge in [-0.25, -0.2) is 13.6 Å². The Morgan fingerprint density at radius 1 is 1.14 bits per heavy atom. The van der Waals surface area contributed by atoms with Gasteiger partial charge in [0.05, 0.1) is 24.7 Å². The van der Waals surface area contributed by atoms with Gasteiger partial charge in [0.2, 0.25) is 11.8 Å². The molecule has 0 bridgehead atoms. The van der Waals surface area contributed by atoms with Gasteiger partial charge in [-0.1, -0.05) is 20.8 Å². The van der Waals surface area contributed by atoms with Crippen LogP contribution in [0.5, 0.6) is 5.75 Å². The van der Waals surface area contributed by atoms with Crippen LogP contribution in [0.25, 0.3) is 0 Å². The first kappa shape index (κ1) is 27.6. The summed E-state index contributed by atoms with van der Waals surface area (Å²) in [4.78, 5) is 44.3. The summed E-state index contributed by atoms with van der Waals surface area (Å²) in [7, 11) is 4.96. The summed E-state index contributed by atoms with van der Waals surface area (Å²) >= 11 is 0. The Kier molecular flexibility index (Phi) is 8.12. The molecule has 2 saturated heterocycles. The van der Waals surface area contributed by atoms with Crippen LogP contribution in [0.3, 0.4) is 0 Å². The highest BCUT2D eigenvalue weighted by Gasteiger charge is 2.55. The molecule has 4 amide bonds. The zero-order valence-corrected chi connectivity index (χ0v) is 22.0. The molecular formula is C25H37F2N5O4. The van der Waals surface area contributed by atoms with Crippen molar-refractivity contribution in [1.29, 1.82) is 0 Å². The summed E-state index contributed by atoms with van der Waals surface area (Å²) in [6, 6.07) is 0.900. The second-order valence-electron chi connectivity index (χ2n) is 10.8. The third-order valence-electron chi connectivity index (χ3n) is 6.89. The fourth-order valence-electron chi connectivity index (χ4n) is 4.80. The number of ether oxygens (including phenoxy) is 1. The molecule has 5 unspecified atom stereocenters. The minimum atomic E-state index is -1.04. The van der Waals surface area contributed by atoms with Gasteiger partial charge in [0, 0.05) is 26.7 Å². The minimum absolute atomic E-state index is 0.111. The molecular weight excluding hydrogens is 472 g/mol. The summed E-state index contributed by atoms with van der Waals surface area (Å²) in [5, 5.41) is 5.76. The van der Waals surface area contributed by atoms with E-state index in [9.17, 15) is 23.2 Å². The first-order valence-corrected chi connectivity index (χ1v) is 12.1. The predicted molar refractivity (Wildman–Crippen MR) is 130 cm³/mol. The molecule has 5 atom stereocenters. The molecule has 2 fully saturated rings. The second kappa shape index (κ2) is 10.6. The molecule has 0 aliphatic carbocycles. The Morgan fingerprint density at radius 2 is 1.81 bits per heavy atom. The number of halogens is 2. The number of carbonyl (C=O) groups is 3. The van der Waals surface area contributed by atoms with E-state index in [1.165, 1.54) is 11.0 Å². The summed E-state index contributed by atoms with van der Waals surface area (Å²) in [6.45, 7) is 7.88. The molecule has 2 aliphatic heterocycles. The Morgan fingerprint density at radius 3 is 2.36 bits per heavy atom. The summed E-state index contributed by atoms with van der Waals surface area (Å²) in [5.41, 5.74) is -0.591. The van der Waals surface area contributed by atoms with Crippen LogP contribution in [0.2, 0.25) is 0 Å². The van der Waals surface area contributed by atoms with Gasteiger partial charge >= 0.3 is 6.03 Å². The van der Waals surface area contributed by atoms with Crippen molar-refractivity contribution in [2.24, 2.45) is 5.41 Å². The molecule has 3 rings (SSSR count). The van der Waals surface area contributed by atoms with Crippen molar-refractivity contribution in [3.63, 3.8) is 0 Å². The smallest absolute Gasteiger partial charge is 0.319 e. The molecule has 0 spiro atoms. The average molecular weight is 510 g/mol. The Hall–Kier alpha value is -2.95. The predicted octanol–water partition coefficient (Wildman–Crippen LogP) is 1.82. The topological polar surface area (TPSA) is 94.2 Å². The molecule has 0 radical (unpaired) electrons. The number of nitrogens with zero attached hydrogens (tertiary/aromatic N) is 3. The SMILES string of the molecule is CNC(C)C(=O)NC(C(=O)N1CCC2C1C(Oc1ccc(F)c(F)c1)CN2C(=O)N(C)C)C(C)(C)C. The molecule has 1 aromatic rings. The van der Waals surface area contributed by atoms with Crippen molar-refractivity contribution in [2.45, 2.75) is 64.4 Å². The van der Waals surface area contributed by atoms with E-state index in [1.54, 1.807) is 37.9 Å². The highest BCUT2D eigenvalue weighted by Crippen LogP contribution is 2.36. The third-order valence-corrected chi connectivity index (χ3v) is 6.89. The van der Waals surface area contributed by atoms with E-state index in [-0.39, 0.29) is 36.2 Å². The summed E-state index contributed by atoms with van der Waals surface area (Å²) in [6.07, 6.45) is -0.131. The Labute approximate surface area is 211 Å². The zero-order chi connectivity index (χ0) is 26.9. The molecule has 2 heterocycles. The van der Waals surface area contributed by atoms with Gasteiger partial charge in [0.15, 0.2) is 11.6 Å². The number of hydrogen-bond donors (Lipinski definition) is 2. The summed E-state index contributed by atoms with van der Waals surface area (Å²) in [5.74, 6) is -2.50. The van der Waals surface area contributed by atoms with Crippen LogP contribution in [0.15, 0.2) is 18.2 Å². The van der Waals surface area contributed by atoms with Gasteiger partial charge in [0.25, 0.3) is 0 Å². The second-order valence-corrected chi connectivity index (χ2v) is 10.8. The highest BCUT2D eigenvalue weighted by atomic mass is 19.2. The third kappa shape index (κ3) is 5.55. The molecule has 0 aromatic heterocycles. The first-order chi connectivity index (χ1) is 16.8. The van der Waals surface area contributed by atoms with Gasteiger partial charge in [-0.15, -0.1) is 0 Å². The van der Waals surface area contributed by atoms with E-state index in [0.29, 0.717) is 13.0 Å². The number of amides is 4. The van der Waals surface area contributed by atoms with Crippen LogP contribution < -0.4 is 15.4 Å². The molecule has 9 nitrogen and oxygen atoms in total. The lowest BCUT2D eigenvalue weighted by Gasteiger charge is -2.37. The van der Waals surface area contributed by atoms with E-state index in [1.807, 2.05) is 20.8 Å². The van der Waals surface area contributed by atoms with Crippen molar-refractivity contribution in [2.75, 3.05) is 34.2 Å². The number of carbonyl (C=O) groups excluding carboxylic acids is 3. The van der Waals surface area contributed by atoms with E-state index >= 15 is 0 Å². The van der Waals surface area contributed by atoms with Crippen molar-refractivity contribution in [3.05, 3.63) is 29.8 Å². The molecule has 200 valence electrons. The molecule has 11 heteroatoms. The van der Waals surface area contributed by atoms with Gasteiger partial charge in [-0.2, -0.15) is 0 Å². The fourth-order valence-corrected chi connectivity index (χ4v) is 4.80. The van der Waals surface area contributed by atoms with Crippen LogP contribution >= 0.6 is 0 Å². The van der Waals surface area contributed by atoms with Gasteiger partial charge in [-0.3, -0.25) is 9.59 Å². The fraction of sp³-hybridized carbons (Fsp3) is 0.640. The standard InChI is InChI=1S/C25H37F2N5O4/c1-14(28-5)22(33)29-21(25(2,3)4)23(34)31-11-10-18-20(31)19(13-32(18)24(35)30(6)7)36-15-8-9-16(26)17(27)12-15/h8-9,12,14,18-21,28H,10-11,13H2,1-7H3,(H,29,33). The normalized spacial score (nSPS) is 23.2. The van der Waals surface area contributed by atoms with Crippen LogP contribution in [0.1, 0.15) is 34.1 Å². The number of nitrogens with one attached hydrogen (secondary N) is 2. The lowest BCUT2D eigenvalue weighted by atomic mass is 9.85. The number of hydrogen-bond acceptors (Lipinski definition) is 5. The quantitative estimate of drug-likeness (QED) is 0.610. The van der Waals surface area contributed by atoms with Gasteiger partial charge < -0.3 is 30.1 Å². The number of fused-ring (bicyclic) bond motifs is 1. The van der Waals surface area contributed by atoms with E-state index in [4.69, 9.17) is 4.74 Å². The lowest BCUT2D eigenvalue weighted by molar-refractivity contribution is -0.141. The zero-order valence-electron chi connectivity index (χ0n) is 22.0. The van der Waals surface area contributed by atoms with Crippen LogP contribution in [0.4, 0.5) is 13.6 Å². The maximum Gasteiger partial charge on any atom is 0.319 e. The van der Waals surface area contributed by atoms with Crippen molar-refractivity contribution >= 4 is 17.8 Å². The van der Waals surface area contributed by atoms with Gasteiger partial charge in [-0.05, 0) is 37.9 Å². The highest BCUT2D eigenvalue weighted by molar-refractivity contribution is 5.90. The number of rotatable bonds is 6. The maximum absolute atomic E-state index is 13.9. The van der Waals surface area contributed by atoms with Gasteiger partial charge in [0.1, 0.15) is 17.9 Å². The summed E-state index contributed by atoms with van der Waals surface area (Å²) < 4.78 is 33.4. The van der Waals surface area contributed by atoms with E-state index in [0.717, 1.165) is 12.1 Å². The number of likely N-dealkylation sites (N-methyl/N-ethyl adjacent to an activating group) is 1. The first-order valence-electron chi connectivity index (χ1n) is 12.1. The van der Waals surface area contributed by atoms with Crippen LogP contribution in [-0.4, -0.2) is 97.0 Å². The maximum atomic E-state index is 13.9. The minimum Gasteiger partial charge on any atom is -0.486 e. The molecule has 2 aliphatic rings. The monoisotopic (exact) mass is 509 g/mol. The van der Waals surface area contributed by atoms with E-state index in [2.05, 4.69) is 10.6 Å². The molecule has 0 saturated carbocycles.